The lowest BCUT2D eigenvalue weighted by atomic mass is 10.2. The lowest BCUT2D eigenvalue weighted by Gasteiger charge is -2.02. The van der Waals surface area contributed by atoms with Gasteiger partial charge in [-0.1, -0.05) is 0 Å². The van der Waals surface area contributed by atoms with E-state index >= 15 is 0 Å². The zero-order chi connectivity index (χ0) is 8.69. The molecule has 0 aliphatic rings. The van der Waals surface area contributed by atoms with Crippen LogP contribution < -0.4 is 0 Å². The number of hydrogen-bond acceptors (Lipinski definition) is 4. The number of carbonyl (C=O) groups is 2. The summed E-state index contributed by atoms with van der Waals surface area (Å²) in [4.78, 5) is 23.7. The van der Waals surface area contributed by atoms with Crippen LogP contribution in [-0.2, 0) is 14.5 Å². The largest absolute Gasteiger partial charge is 0.481 e. The van der Waals surface area contributed by atoms with Gasteiger partial charge in [-0.25, -0.2) is 4.89 Å². The Morgan fingerprint density at radius 1 is 1.64 bits per heavy atom. The highest BCUT2D eigenvalue weighted by Gasteiger charge is 2.07. The summed E-state index contributed by atoms with van der Waals surface area (Å²) in [6.07, 6.45) is 0.0654. The summed E-state index contributed by atoms with van der Waals surface area (Å²) < 4.78 is 0. The molecule has 0 saturated heterocycles. The average molecular weight is 162 g/mol. The van der Waals surface area contributed by atoms with Gasteiger partial charge in [0.15, 0.2) is 6.29 Å². The highest BCUT2D eigenvalue weighted by molar-refractivity contribution is 5.66. The molecule has 1 atom stereocenters. The molecule has 0 heterocycles. The van der Waals surface area contributed by atoms with Crippen LogP contribution in [0.4, 0.5) is 0 Å². The first kappa shape index (κ1) is 10.1. The van der Waals surface area contributed by atoms with Crippen molar-refractivity contribution in [3.63, 3.8) is 0 Å². The van der Waals surface area contributed by atoms with Crippen LogP contribution in [0.1, 0.15) is 19.3 Å². The molecule has 0 bridgehead atoms. The van der Waals surface area contributed by atoms with Crippen LogP contribution in [0.5, 0.6) is 0 Å². The fraction of sp³-hybridized carbons (Fsp3) is 0.667. The molecule has 0 aromatic carbocycles. The minimum atomic E-state index is -0.924. The van der Waals surface area contributed by atoms with Crippen LogP contribution in [0, 0.1) is 0 Å². The maximum atomic E-state index is 9.98. The van der Waals surface area contributed by atoms with Gasteiger partial charge in [0.25, 0.3) is 0 Å². The Bertz CT molecular complexity index is 133. The van der Waals surface area contributed by atoms with Gasteiger partial charge in [0.05, 0.1) is 0 Å². The van der Waals surface area contributed by atoms with Crippen molar-refractivity contribution in [2.24, 2.45) is 0 Å². The van der Waals surface area contributed by atoms with Crippen molar-refractivity contribution in [2.75, 3.05) is 0 Å². The van der Waals surface area contributed by atoms with Crippen molar-refractivity contribution in [2.45, 2.75) is 25.4 Å². The monoisotopic (exact) mass is 162 g/mol. The standard InChI is InChI=1S/C6H10O5/c7-4-5(11-10)2-1-3-6(8)9/h4-5,10H,1-3H2,(H,8,9). The quantitative estimate of drug-likeness (QED) is 0.333. The van der Waals surface area contributed by atoms with E-state index in [1.807, 2.05) is 0 Å². The minimum absolute atomic E-state index is 0.0201. The number of rotatable bonds is 6. The van der Waals surface area contributed by atoms with Crippen LogP contribution in [-0.4, -0.2) is 28.7 Å². The SMILES string of the molecule is O=CC(CCCC(=O)O)OO. The van der Waals surface area contributed by atoms with E-state index in [0.29, 0.717) is 12.7 Å². The Hall–Kier alpha value is -0.940. The lowest BCUT2D eigenvalue weighted by Crippen LogP contribution is -2.12. The Kier molecular flexibility index (Phi) is 5.32. The molecule has 0 radical (unpaired) electrons. The fourth-order valence-corrected chi connectivity index (χ4v) is 0.600. The highest BCUT2D eigenvalue weighted by atomic mass is 17.1. The van der Waals surface area contributed by atoms with E-state index in [9.17, 15) is 9.59 Å². The van der Waals surface area contributed by atoms with Crippen LogP contribution in [0.15, 0.2) is 0 Å². The van der Waals surface area contributed by atoms with Gasteiger partial charge in [-0.05, 0) is 12.8 Å². The van der Waals surface area contributed by atoms with E-state index < -0.39 is 12.1 Å². The third kappa shape index (κ3) is 5.50. The van der Waals surface area contributed by atoms with Crippen molar-refractivity contribution >= 4 is 12.3 Å². The Morgan fingerprint density at radius 3 is 2.64 bits per heavy atom. The van der Waals surface area contributed by atoms with Crippen LogP contribution in [0.3, 0.4) is 0 Å². The number of carbonyl (C=O) groups excluding carboxylic acids is 1. The second kappa shape index (κ2) is 5.82. The first-order valence-corrected chi connectivity index (χ1v) is 3.18. The van der Waals surface area contributed by atoms with E-state index in [0.717, 1.165) is 0 Å². The van der Waals surface area contributed by atoms with E-state index in [-0.39, 0.29) is 12.8 Å². The molecule has 1 unspecified atom stereocenters. The van der Waals surface area contributed by atoms with Gasteiger partial charge in [0.1, 0.15) is 6.10 Å². The second-order valence-electron chi connectivity index (χ2n) is 2.07. The lowest BCUT2D eigenvalue weighted by molar-refractivity contribution is -0.268. The number of carboxylic acids is 1. The maximum Gasteiger partial charge on any atom is 0.303 e. The molecule has 11 heavy (non-hydrogen) atoms. The van der Waals surface area contributed by atoms with Crippen LogP contribution in [0.2, 0.25) is 0 Å². The molecule has 0 aliphatic carbocycles. The molecule has 0 spiro atoms. The number of aliphatic carboxylic acids is 1. The van der Waals surface area contributed by atoms with Crippen molar-refractivity contribution < 1.29 is 24.8 Å². The molecule has 0 rings (SSSR count). The maximum absolute atomic E-state index is 9.98. The van der Waals surface area contributed by atoms with Gasteiger partial charge >= 0.3 is 5.97 Å². The van der Waals surface area contributed by atoms with Crippen molar-refractivity contribution in [1.82, 2.24) is 0 Å². The predicted molar refractivity (Wildman–Crippen MR) is 35.1 cm³/mol. The molecule has 0 amide bonds. The number of hydrogen-bond donors (Lipinski definition) is 2. The average Bonchev–Trinajstić information content (AvgIpc) is 1.98. The smallest absolute Gasteiger partial charge is 0.303 e. The van der Waals surface area contributed by atoms with Gasteiger partial charge in [-0.2, -0.15) is 0 Å². The molecular formula is C6H10O5. The molecule has 64 valence electrons. The summed E-state index contributed by atoms with van der Waals surface area (Å²) in [5, 5.41) is 16.2. The van der Waals surface area contributed by atoms with Gasteiger partial charge in [-0.3, -0.25) is 10.1 Å². The topological polar surface area (TPSA) is 83.8 Å². The molecule has 2 N–H and O–H groups in total. The van der Waals surface area contributed by atoms with E-state index in [1.165, 1.54) is 0 Å². The molecular weight excluding hydrogens is 152 g/mol. The van der Waals surface area contributed by atoms with Gasteiger partial charge in [-0.15, -0.1) is 0 Å². The predicted octanol–water partition coefficient (Wildman–Crippen LogP) is 0.298. The van der Waals surface area contributed by atoms with Crippen molar-refractivity contribution in [3.05, 3.63) is 0 Å². The van der Waals surface area contributed by atoms with Crippen LogP contribution in [0.25, 0.3) is 0 Å². The molecule has 0 aromatic rings. The highest BCUT2D eigenvalue weighted by Crippen LogP contribution is 2.01. The Morgan fingerprint density at radius 2 is 2.27 bits per heavy atom. The molecule has 0 fully saturated rings. The summed E-state index contributed by atoms with van der Waals surface area (Å²) in [6.45, 7) is 0. The molecule has 0 aliphatic heterocycles. The van der Waals surface area contributed by atoms with Gasteiger partial charge in [0, 0.05) is 6.42 Å². The summed E-state index contributed by atoms with van der Waals surface area (Å²) in [5.74, 6) is -0.924. The zero-order valence-corrected chi connectivity index (χ0v) is 5.90. The number of aldehydes is 1. The second-order valence-corrected chi connectivity index (χ2v) is 2.07. The van der Waals surface area contributed by atoms with Gasteiger partial charge < -0.3 is 9.90 Å². The van der Waals surface area contributed by atoms with Crippen LogP contribution >= 0.6 is 0 Å². The molecule has 0 saturated carbocycles. The Balaban J connectivity index is 3.35. The Labute approximate surface area is 63.5 Å². The minimum Gasteiger partial charge on any atom is -0.481 e. The third-order valence-corrected chi connectivity index (χ3v) is 1.17. The first-order valence-electron chi connectivity index (χ1n) is 3.18. The fourth-order valence-electron chi connectivity index (χ4n) is 0.600. The van der Waals surface area contributed by atoms with E-state index in [4.69, 9.17) is 10.4 Å². The van der Waals surface area contributed by atoms with Gasteiger partial charge in [0.2, 0.25) is 0 Å². The zero-order valence-electron chi connectivity index (χ0n) is 5.90. The number of carboxylic acid groups (broad SMARTS) is 1. The third-order valence-electron chi connectivity index (χ3n) is 1.17. The van der Waals surface area contributed by atoms with Crippen molar-refractivity contribution in [3.8, 4) is 0 Å². The summed E-state index contributed by atoms with van der Waals surface area (Å²) in [6, 6.07) is 0. The molecule has 5 nitrogen and oxygen atoms in total. The first-order chi connectivity index (χ1) is 5.20. The normalized spacial score (nSPS) is 12.5. The van der Waals surface area contributed by atoms with E-state index in [2.05, 4.69) is 4.89 Å². The van der Waals surface area contributed by atoms with E-state index in [1.54, 1.807) is 0 Å². The summed E-state index contributed by atoms with van der Waals surface area (Å²) >= 11 is 0. The molecule has 5 heteroatoms. The summed E-state index contributed by atoms with van der Waals surface area (Å²) in [5.41, 5.74) is 0. The summed E-state index contributed by atoms with van der Waals surface area (Å²) in [7, 11) is 0. The molecule has 0 aromatic heterocycles. The van der Waals surface area contributed by atoms with Crippen molar-refractivity contribution in [1.29, 1.82) is 0 Å².